The molecular weight excluding hydrogens is 286 g/mol. The van der Waals surface area contributed by atoms with Crippen LogP contribution in [0.25, 0.3) is 0 Å². The smallest absolute Gasteiger partial charge is 0.326 e. The maximum atomic E-state index is 12.2. The number of aliphatic carboxylic acids is 1. The number of methoxy groups -OCH3 is 1. The Morgan fingerprint density at radius 2 is 2.09 bits per heavy atom. The number of ether oxygens (including phenoxy) is 2. The summed E-state index contributed by atoms with van der Waals surface area (Å²) in [5.41, 5.74) is 0.349. The van der Waals surface area contributed by atoms with Crippen molar-refractivity contribution >= 4 is 11.9 Å². The van der Waals surface area contributed by atoms with Gasteiger partial charge in [-0.1, -0.05) is 12.8 Å². The number of hydrogen-bond donors (Lipinski definition) is 2. The van der Waals surface area contributed by atoms with Gasteiger partial charge in [0.1, 0.15) is 6.04 Å². The Morgan fingerprint density at radius 3 is 2.64 bits per heavy atom. The van der Waals surface area contributed by atoms with Gasteiger partial charge in [0.05, 0.1) is 13.7 Å². The molecule has 0 bridgehead atoms. The van der Waals surface area contributed by atoms with Crippen LogP contribution >= 0.6 is 0 Å². The summed E-state index contributed by atoms with van der Waals surface area (Å²) in [6.07, 6.45) is 2.56. The Hall–Kier alpha value is -2.24. The highest BCUT2D eigenvalue weighted by atomic mass is 16.5. The van der Waals surface area contributed by atoms with Gasteiger partial charge in [-0.3, -0.25) is 4.79 Å². The summed E-state index contributed by atoms with van der Waals surface area (Å²) >= 11 is 0. The summed E-state index contributed by atoms with van der Waals surface area (Å²) in [5.74, 6) is -0.0123. The third-order valence-electron chi connectivity index (χ3n) is 3.60. The van der Waals surface area contributed by atoms with E-state index in [9.17, 15) is 14.7 Å². The number of hydrogen-bond acceptors (Lipinski definition) is 4. The molecule has 2 N–H and O–H groups in total. The Balaban J connectivity index is 2.08. The molecule has 1 aliphatic carbocycles. The molecule has 0 saturated heterocycles. The molecule has 0 aromatic heterocycles. The van der Waals surface area contributed by atoms with Crippen LogP contribution in [0.4, 0.5) is 0 Å². The minimum absolute atomic E-state index is 0.349. The molecule has 1 fully saturated rings. The molecule has 1 saturated carbocycles. The third kappa shape index (κ3) is 4.13. The van der Waals surface area contributed by atoms with Gasteiger partial charge in [0.2, 0.25) is 0 Å². The summed E-state index contributed by atoms with van der Waals surface area (Å²) in [7, 11) is 1.49. The van der Waals surface area contributed by atoms with Gasteiger partial charge >= 0.3 is 5.97 Å². The van der Waals surface area contributed by atoms with E-state index in [1.54, 1.807) is 18.2 Å². The van der Waals surface area contributed by atoms with E-state index in [-0.39, 0.29) is 0 Å². The van der Waals surface area contributed by atoms with Crippen molar-refractivity contribution in [2.75, 3.05) is 13.7 Å². The second kappa shape index (κ2) is 7.15. The first-order valence-corrected chi connectivity index (χ1v) is 7.39. The lowest BCUT2D eigenvalue weighted by Crippen LogP contribution is -2.41. The molecule has 6 nitrogen and oxygen atoms in total. The minimum atomic E-state index is -1.00. The van der Waals surface area contributed by atoms with Crippen molar-refractivity contribution in [3.05, 3.63) is 23.8 Å². The summed E-state index contributed by atoms with van der Waals surface area (Å²) in [6, 6.07) is 3.95. The van der Waals surface area contributed by atoms with Crippen molar-refractivity contribution in [2.24, 2.45) is 5.92 Å². The molecule has 1 unspecified atom stereocenters. The van der Waals surface area contributed by atoms with E-state index in [1.165, 1.54) is 7.11 Å². The first kappa shape index (κ1) is 16.1. The SMILES string of the molecule is CCOc1ccc(C(=O)NC(CC2CC2)C(=O)O)cc1OC. The van der Waals surface area contributed by atoms with Crippen molar-refractivity contribution in [2.45, 2.75) is 32.2 Å². The van der Waals surface area contributed by atoms with Crippen molar-refractivity contribution in [3.8, 4) is 11.5 Å². The molecule has 120 valence electrons. The number of carboxylic acids is 1. The molecule has 2 rings (SSSR count). The van der Waals surface area contributed by atoms with Crippen molar-refractivity contribution in [1.29, 1.82) is 0 Å². The number of nitrogens with one attached hydrogen (secondary N) is 1. The summed E-state index contributed by atoms with van der Waals surface area (Å²) in [5, 5.41) is 11.8. The number of carbonyl (C=O) groups excluding carboxylic acids is 1. The average molecular weight is 307 g/mol. The Kier molecular flexibility index (Phi) is 5.25. The number of amides is 1. The molecular formula is C16H21NO5. The lowest BCUT2D eigenvalue weighted by atomic mass is 10.1. The van der Waals surface area contributed by atoms with E-state index < -0.39 is 17.9 Å². The molecule has 1 aromatic rings. The van der Waals surface area contributed by atoms with Crippen molar-refractivity contribution < 1.29 is 24.2 Å². The second-order valence-corrected chi connectivity index (χ2v) is 5.34. The fourth-order valence-corrected chi connectivity index (χ4v) is 2.23. The Morgan fingerprint density at radius 1 is 1.36 bits per heavy atom. The molecule has 1 atom stereocenters. The normalized spacial score (nSPS) is 15.0. The number of benzene rings is 1. The zero-order valence-electron chi connectivity index (χ0n) is 12.8. The van der Waals surface area contributed by atoms with Crippen LogP contribution in [-0.4, -0.2) is 36.7 Å². The molecule has 1 amide bonds. The van der Waals surface area contributed by atoms with E-state index in [1.807, 2.05) is 6.92 Å². The molecule has 0 spiro atoms. The predicted octanol–water partition coefficient (Wildman–Crippen LogP) is 2.08. The van der Waals surface area contributed by atoms with Crippen LogP contribution in [0.2, 0.25) is 0 Å². The molecule has 1 aromatic carbocycles. The highest BCUT2D eigenvalue weighted by Gasteiger charge is 2.30. The van der Waals surface area contributed by atoms with Crippen LogP contribution in [-0.2, 0) is 4.79 Å². The van der Waals surface area contributed by atoms with E-state index in [0.717, 1.165) is 12.8 Å². The molecule has 0 radical (unpaired) electrons. The second-order valence-electron chi connectivity index (χ2n) is 5.34. The maximum absolute atomic E-state index is 12.2. The Bertz CT molecular complexity index is 553. The monoisotopic (exact) mass is 307 g/mol. The molecule has 0 aliphatic heterocycles. The van der Waals surface area contributed by atoms with Crippen LogP contribution in [0, 0.1) is 5.92 Å². The highest BCUT2D eigenvalue weighted by Crippen LogP contribution is 2.33. The van der Waals surface area contributed by atoms with Crippen LogP contribution in [0.1, 0.15) is 36.5 Å². The van der Waals surface area contributed by atoms with Crippen molar-refractivity contribution in [1.82, 2.24) is 5.32 Å². The van der Waals surface area contributed by atoms with E-state index in [4.69, 9.17) is 9.47 Å². The summed E-state index contributed by atoms with van der Waals surface area (Å²) in [6.45, 7) is 2.35. The van der Waals surface area contributed by atoms with Gasteiger partial charge < -0.3 is 19.9 Å². The van der Waals surface area contributed by atoms with Crippen LogP contribution < -0.4 is 14.8 Å². The lowest BCUT2D eigenvalue weighted by Gasteiger charge is -2.15. The standard InChI is InChI=1S/C16H21NO5/c1-3-22-13-7-6-11(9-14(13)21-2)15(18)17-12(16(19)20)8-10-4-5-10/h6-7,9-10,12H,3-5,8H2,1-2H3,(H,17,18)(H,19,20). The fourth-order valence-electron chi connectivity index (χ4n) is 2.23. The largest absolute Gasteiger partial charge is 0.493 e. The fraction of sp³-hybridized carbons (Fsp3) is 0.500. The quantitative estimate of drug-likeness (QED) is 0.768. The molecule has 6 heteroatoms. The zero-order valence-corrected chi connectivity index (χ0v) is 12.8. The van der Waals surface area contributed by atoms with Crippen LogP contribution in [0.5, 0.6) is 11.5 Å². The van der Waals surface area contributed by atoms with Gasteiger partial charge in [-0.15, -0.1) is 0 Å². The van der Waals surface area contributed by atoms with Gasteiger partial charge in [0.15, 0.2) is 11.5 Å². The lowest BCUT2D eigenvalue weighted by molar-refractivity contribution is -0.139. The van der Waals surface area contributed by atoms with Crippen LogP contribution in [0.3, 0.4) is 0 Å². The number of rotatable bonds is 8. The number of carboxylic acid groups (broad SMARTS) is 1. The maximum Gasteiger partial charge on any atom is 0.326 e. The van der Waals surface area contributed by atoms with Gasteiger partial charge in [-0.05, 0) is 37.5 Å². The zero-order chi connectivity index (χ0) is 16.1. The van der Waals surface area contributed by atoms with E-state index in [2.05, 4.69) is 5.32 Å². The van der Waals surface area contributed by atoms with Gasteiger partial charge in [-0.2, -0.15) is 0 Å². The van der Waals surface area contributed by atoms with Gasteiger partial charge in [0.25, 0.3) is 5.91 Å². The minimum Gasteiger partial charge on any atom is -0.493 e. The predicted molar refractivity (Wildman–Crippen MR) is 80.4 cm³/mol. The first-order chi connectivity index (χ1) is 10.5. The topological polar surface area (TPSA) is 84.9 Å². The van der Waals surface area contributed by atoms with Crippen LogP contribution in [0.15, 0.2) is 18.2 Å². The summed E-state index contributed by atoms with van der Waals surface area (Å²) in [4.78, 5) is 23.5. The molecule has 22 heavy (non-hydrogen) atoms. The average Bonchev–Trinajstić information content (AvgIpc) is 3.31. The highest BCUT2D eigenvalue weighted by molar-refractivity contribution is 5.97. The van der Waals surface area contributed by atoms with Crippen molar-refractivity contribution in [3.63, 3.8) is 0 Å². The summed E-state index contributed by atoms with van der Waals surface area (Å²) < 4.78 is 10.6. The van der Waals surface area contributed by atoms with Gasteiger partial charge in [-0.25, -0.2) is 4.79 Å². The van der Waals surface area contributed by atoms with E-state index in [0.29, 0.717) is 36.0 Å². The van der Waals surface area contributed by atoms with Gasteiger partial charge in [0, 0.05) is 5.56 Å². The van der Waals surface area contributed by atoms with E-state index >= 15 is 0 Å². The third-order valence-corrected chi connectivity index (χ3v) is 3.60. The Labute approximate surface area is 129 Å². The first-order valence-electron chi connectivity index (χ1n) is 7.39. The number of carbonyl (C=O) groups is 2. The molecule has 1 aliphatic rings. The molecule has 0 heterocycles.